The summed E-state index contributed by atoms with van der Waals surface area (Å²) < 4.78 is 7.83. The summed E-state index contributed by atoms with van der Waals surface area (Å²) in [6, 6.07) is 0. The van der Waals surface area contributed by atoms with Crippen LogP contribution in [-0.2, 0) is 4.74 Å². The fourth-order valence-corrected chi connectivity index (χ4v) is 1.72. The average molecular weight is 175 g/mol. The van der Waals surface area contributed by atoms with Crippen molar-refractivity contribution in [3.05, 3.63) is 0 Å². The Kier molecular flexibility index (Phi) is 3.69. The Hall–Kier alpha value is 0.270. The molecule has 2 atom stereocenters. The van der Waals surface area contributed by atoms with Gasteiger partial charge in [0.15, 0.2) is 0 Å². The monoisotopic (exact) mass is 175 g/mol. The van der Waals surface area contributed by atoms with Crippen molar-refractivity contribution in [1.29, 1.82) is 0 Å². The molecule has 0 aromatic carbocycles. The maximum atomic E-state index is 5.76. The van der Waals surface area contributed by atoms with E-state index in [4.69, 9.17) is 4.74 Å². The van der Waals surface area contributed by atoms with Gasteiger partial charge in [-0.3, -0.25) is 0 Å². The second-order valence-electron chi connectivity index (χ2n) is 3.07. The molecule has 0 spiro atoms. The molecule has 0 bridgehead atoms. The summed E-state index contributed by atoms with van der Waals surface area (Å²) in [5.74, 6) is 0. The molecule has 66 valence electrons. The van der Waals surface area contributed by atoms with Crippen LogP contribution in [0, 0.1) is 0 Å². The van der Waals surface area contributed by atoms with E-state index in [0.717, 1.165) is 25.9 Å². The molecule has 2 nitrogen and oxygen atoms in total. The van der Waals surface area contributed by atoms with Crippen LogP contribution in [-0.4, -0.2) is 29.6 Å². The molecule has 1 heterocycles. The van der Waals surface area contributed by atoms with Crippen LogP contribution in [0.15, 0.2) is 0 Å². The van der Waals surface area contributed by atoms with E-state index in [1.807, 2.05) is 0 Å². The molecule has 1 aliphatic heterocycles. The molecular formula is C8H17NOS. The Morgan fingerprint density at radius 3 is 2.09 bits per heavy atom. The van der Waals surface area contributed by atoms with Gasteiger partial charge in [0.25, 0.3) is 0 Å². The number of hydrogen-bond donors (Lipinski definition) is 1. The van der Waals surface area contributed by atoms with Crippen molar-refractivity contribution < 1.29 is 4.74 Å². The zero-order valence-corrected chi connectivity index (χ0v) is 8.18. The van der Waals surface area contributed by atoms with Gasteiger partial charge in [0.2, 0.25) is 0 Å². The van der Waals surface area contributed by atoms with Gasteiger partial charge in [-0.25, -0.2) is 4.31 Å². The summed E-state index contributed by atoms with van der Waals surface area (Å²) >= 11 is 4.34. The molecular weight excluding hydrogens is 158 g/mol. The molecule has 1 saturated heterocycles. The van der Waals surface area contributed by atoms with Gasteiger partial charge in [-0.1, -0.05) is 26.7 Å². The standard InChI is InChI=1S/C8H17NOS/c1-3-7-5-9(11)6-8(4-2)10-7/h7-8,11H,3-6H2,1-2H3. The van der Waals surface area contributed by atoms with E-state index < -0.39 is 0 Å². The molecule has 0 aliphatic carbocycles. The number of thiol groups is 1. The summed E-state index contributed by atoms with van der Waals surface area (Å²) in [6.07, 6.45) is 2.97. The quantitative estimate of drug-likeness (QED) is 0.642. The summed E-state index contributed by atoms with van der Waals surface area (Å²) in [4.78, 5) is 0. The summed E-state index contributed by atoms with van der Waals surface area (Å²) in [5, 5.41) is 0. The Labute approximate surface area is 74.5 Å². The second kappa shape index (κ2) is 4.33. The lowest BCUT2D eigenvalue weighted by Crippen LogP contribution is -2.42. The summed E-state index contributed by atoms with van der Waals surface area (Å²) in [7, 11) is 0. The van der Waals surface area contributed by atoms with Crippen LogP contribution in [0.2, 0.25) is 0 Å². The molecule has 2 unspecified atom stereocenters. The molecule has 1 aliphatic rings. The zero-order valence-electron chi connectivity index (χ0n) is 7.29. The molecule has 0 aromatic heterocycles. The Morgan fingerprint density at radius 2 is 1.73 bits per heavy atom. The first kappa shape index (κ1) is 9.36. The van der Waals surface area contributed by atoms with Crippen molar-refractivity contribution in [2.45, 2.75) is 38.9 Å². The maximum Gasteiger partial charge on any atom is 0.0713 e. The van der Waals surface area contributed by atoms with E-state index >= 15 is 0 Å². The van der Waals surface area contributed by atoms with E-state index in [1.165, 1.54) is 0 Å². The highest BCUT2D eigenvalue weighted by Gasteiger charge is 2.23. The Balaban J connectivity index is 2.37. The van der Waals surface area contributed by atoms with Crippen LogP contribution in [0.5, 0.6) is 0 Å². The van der Waals surface area contributed by atoms with Gasteiger partial charge in [0.05, 0.1) is 12.2 Å². The van der Waals surface area contributed by atoms with Crippen LogP contribution in [0.4, 0.5) is 0 Å². The van der Waals surface area contributed by atoms with Gasteiger partial charge in [-0.05, 0) is 12.8 Å². The molecule has 0 saturated carbocycles. The number of nitrogens with zero attached hydrogens (tertiary/aromatic N) is 1. The smallest absolute Gasteiger partial charge is 0.0713 e. The number of morpholine rings is 1. The van der Waals surface area contributed by atoms with Crippen molar-refractivity contribution in [2.24, 2.45) is 0 Å². The average Bonchev–Trinajstić information content (AvgIpc) is 2.03. The van der Waals surface area contributed by atoms with Gasteiger partial charge < -0.3 is 4.74 Å². The highest BCUT2D eigenvalue weighted by atomic mass is 32.1. The minimum atomic E-state index is 0.395. The number of rotatable bonds is 2. The van der Waals surface area contributed by atoms with Crippen LogP contribution in [0.25, 0.3) is 0 Å². The molecule has 0 N–H and O–H groups in total. The normalized spacial score (nSPS) is 34.1. The molecule has 3 heteroatoms. The molecule has 0 aromatic rings. The van der Waals surface area contributed by atoms with Gasteiger partial charge in [-0.15, -0.1) is 0 Å². The zero-order chi connectivity index (χ0) is 8.27. The van der Waals surface area contributed by atoms with Gasteiger partial charge in [0, 0.05) is 13.1 Å². The Morgan fingerprint density at radius 1 is 1.27 bits per heavy atom. The molecule has 1 fully saturated rings. The highest BCUT2D eigenvalue weighted by Crippen LogP contribution is 2.16. The minimum absolute atomic E-state index is 0.395. The lowest BCUT2D eigenvalue weighted by Gasteiger charge is -2.34. The second-order valence-corrected chi connectivity index (χ2v) is 3.63. The van der Waals surface area contributed by atoms with E-state index in [1.54, 1.807) is 0 Å². The van der Waals surface area contributed by atoms with Crippen molar-refractivity contribution in [3.63, 3.8) is 0 Å². The summed E-state index contributed by atoms with van der Waals surface area (Å²) in [6.45, 7) is 6.25. The fourth-order valence-electron chi connectivity index (χ4n) is 1.35. The molecule has 1 rings (SSSR count). The third-order valence-electron chi connectivity index (χ3n) is 2.12. The van der Waals surface area contributed by atoms with E-state index in [2.05, 4.69) is 31.0 Å². The van der Waals surface area contributed by atoms with Crippen LogP contribution < -0.4 is 0 Å². The van der Waals surface area contributed by atoms with Crippen molar-refractivity contribution in [1.82, 2.24) is 4.31 Å². The van der Waals surface area contributed by atoms with Gasteiger partial charge in [0.1, 0.15) is 0 Å². The fraction of sp³-hybridized carbons (Fsp3) is 1.00. The van der Waals surface area contributed by atoms with Gasteiger partial charge in [-0.2, -0.15) is 0 Å². The predicted molar refractivity (Wildman–Crippen MR) is 49.8 cm³/mol. The minimum Gasteiger partial charge on any atom is -0.372 e. The van der Waals surface area contributed by atoms with Gasteiger partial charge >= 0.3 is 0 Å². The van der Waals surface area contributed by atoms with Crippen LogP contribution in [0.3, 0.4) is 0 Å². The first-order valence-corrected chi connectivity index (χ1v) is 4.75. The van der Waals surface area contributed by atoms with Crippen molar-refractivity contribution in [3.8, 4) is 0 Å². The third kappa shape index (κ3) is 2.65. The Bertz CT molecular complexity index is 109. The van der Waals surface area contributed by atoms with E-state index in [-0.39, 0.29) is 0 Å². The third-order valence-corrected chi connectivity index (χ3v) is 2.45. The van der Waals surface area contributed by atoms with Crippen LogP contribution >= 0.6 is 12.8 Å². The number of hydrogen-bond acceptors (Lipinski definition) is 3. The molecule has 0 radical (unpaired) electrons. The predicted octanol–water partition coefficient (Wildman–Crippen LogP) is 1.72. The first-order valence-electron chi connectivity index (χ1n) is 4.35. The largest absolute Gasteiger partial charge is 0.372 e. The highest BCUT2D eigenvalue weighted by molar-refractivity contribution is 7.77. The summed E-state index contributed by atoms with van der Waals surface area (Å²) in [5.41, 5.74) is 0. The van der Waals surface area contributed by atoms with E-state index in [9.17, 15) is 0 Å². The van der Waals surface area contributed by atoms with Crippen molar-refractivity contribution in [2.75, 3.05) is 13.1 Å². The molecule has 0 amide bonds. The van der Waals surface area contributed by atoms with E-state index in [0.29, 0.717) is 12.2 Å². The lowest BCUT2D eigenvalue weighted by molar-refractivity contribution is -0.0620. The molecule has 11 heavy (non-hydrogen) atoms. The SMILES string of the molecule is CCC1CN(S)CC(CC)O1. The maximum absolute atomic E-state index is 5.76. The number of ether oxygens (including phenoxy) is 1. The lowest BCUT2D eigenvalue weighted by atomic mass is 10.2. The van der Waals surface area contributed by atoms with Crippen molar-refractivity contribution >= 4 is 12.8 Å². The van der Waals surface area contributed by atoms with Crippen LogP contribution in [0.1, 0.15) is 26.7 Å². The first-order chi connectivity index (χ1) is 5.26. The topological polar surface area (TPSA) is 12.5 Å².